The van der Waals surface area contributed by atoms with Gasteiger partial charge in [0.05, 0.1) is 19.3 Å². The number of aryl methyl sites for hydroxylation is 1. The summed E-state index contributed by atoms with van der Waals surface area (Å²) in [5, 5.41) is 0. The first-order chi connectivity index (χ1) is 8.66. The molecular formula is C15H23NO2. The Morgan fingerprint density at radius 2 is 2.33 bits per heavy atom. The lowest BCUT2D eigenvalue weighted by atomic mass is 10.0. The molecule has 0 amide bonds. The van der Waals surface area contributed by atoms with E-state index in [1.54, 1.807) is 0 Å². The Balaban J connectivity index is 1.99. The number of benzene rings is 1. The normalized spacial score (nSPS) is 22.9. The van der Waals surface area contributed by atoms with Gasteiger partial charge in [-0.2, -0.15) is 0 Å². The summed E-state index contributed by atoms with van der Waals surface area (Å²) in [4.78, 5) is 0. The average Bonchev–Trinajstić information content (AvgIpc) is 2.82. The zero-order chi connectivity index (χ0) is 13.0. The number of nitrogens with two attached hydrogens (primary N) is 1. The Hall–Kier alpha value is -0.900. The van der Waals surface area contributed by atoms with Crippen molar-refractivity contribution in [2.24, 2.45) is 11.7 Å². The molecule has 1 aliphatic heterocycles. The van der Waals surface area contributed by atoms with Crippen LogP contribution in [0.5, 0.6) is 0 Å². The second kappa shape index (κ2) is 6.32. The molecule has 0 bridgehead atoms. The van der Waals surface area contributed by atoms with Crippen molar-refractivity contribution < 1.29 is 9.47 Å². The molecule has 1 fully saturated rings. The summed E-state index contributed by atoms with van der Waals surface area (Å²) in [5.41, 5.74) is 8.46. The van der Waals surface area contributed by atoms with Crippen molar-refractivity contribution in [2.45, 2.75) is 32.4 Å². The van der Waals surface area contributed by atoms with Gasteiger partial charge in [-0.15, -0.1) is 0 Å². The Labute approximate surface area is 109 Å². The first-order valence-corrected chi connectivity index (χ1v) is 6.68. The molecule has 1 saturated heterocycles. The summed E-state index contributed by atoms with van der Waals surface area (Å²) in [7, 11) is 0. The smallest absolute Gasteiger partial charge is 0.0973 e. The molecule has 1 aliphatic rings. The van der Waals surface area contributed by atoms with Crippen LogP contribution in [-0.2, 0) is 9.47 Å². The van der Waals surface area contributed by atoms with Crippen LogP contribution in [0.4, 0.5) is 0 Å². The molecule has 3 atom stereocenters. The highest BCUT2D eigenvalue weighted by molar-refractivity contribution is 5.25. The van der Waals surface area contributed by atoms with Gasteiger partial charge in [0.25, 0.3) is 0 Å². The van der Waals surface area contributed by atoms with Crippen LogP contribution < -0.4 is 5.73 Å². The third-order valence-electron chi connectivity index (χ3n) is 3.38. The second-order valence-corrected chi connectivity index (χ2v) is 5.26. The maximum Gasteiger partial charge on any atom is 0.0973 e. The summed E-state index contributed by atoms with van der Waals surface area (Å²) < 4.78 is 11.4. The summed E-state index contributed by atoms with van der Waals surface area (Å²) >= 11 is 0. The van der Waals surface area contributed by atoms with E-state index in [9.17, 15) is 0 Å². The van der Waals surface area contributed by atoms with E-state index in [-0.39, 0.29) is 12.1 Å². The van der Waals surface area contributed by atoms with Crippen molar-refractivity contribution in [3.05, 3.63) is 35.4 Å². The zero-order valence-electron chi connectivity index (χ0n) is 11.3. The predicted molar refractivity (Wildman–Crippen MR) is 72.4 cm³/mol. The van der Waals surface area contributed by atoms with Gasteiger partial charge in [0, 0.05) is 18.6 Å². The maximum atomic E-state index is 6.05. The number of hydrogen-bond donors (Lipinski definition) is 1. The lowest BCUT2D eigenvalue weighted by Crippen LogP contribution is -2.28. The van der Waals surface area contributed by atoms with Crippen LogP contribution in [0.2, 0.25) is 0 Å². The monoisotopic (exact) mass is 249 g/mol. The van der Waals surface area contributed by atoms with Crippen molar-refractivity contribution in [3.63, 3.8) is 0 Å². The molecule has 0 spiro atoms. The van der Waals surface area contributed by atoms with E-state index in [4.69, 9.17) is 15.2 Å². The second-order valence-electron chi connectivity index (χ2n) is 5.26. The molecule has 1 aromatic carbocycles. The van der Waals surface area contributed by atoms with Crippen molar-refractivity contribution in [3.8, 4) is 0 Å². The minimum Gasteiger partial charge on any atom is -0.381 e. The average molecular weight is 249 g/mol. The van der Waals surface area contributed by atoms with Crippen LogP contribution in [0, 0.1) is 12.8 Å². The van der Waals surface area contributed by atoms with Crippen LogP contribution in [-0.4, -0.2) is 25.9 Å². The Morgan fingerprint density at radius 3 is 2.94 bits per heavy atom. The summed E-state index contributed by atoms with van der Waals surface area (Å²) in [5.74, 6) is 0.524. The van der Waals surface area contributed by atoms with E-state index < -0.39 is 0 Å². The van der Waals surface area contributed by atoms with Crippen LogP contribution in [0.1, 0.15) is 30.6 Å². The van der Waals surface area contributed by atoms with E-state index in [1.165, 1.54) is 11.1 Å². The Morgan fingerprint density at radius 1 is 1.50 bits per heavy atom. The lowest BCUT2D eigenvalue weighted by Gasteiger charge is -2.23. The molecule has 3 nitrogen and oxygen atoms in total. The Kier molecular flexibility index (Phi) is 4.75. The molecule has 0 aliphatic carbocycles. The van der Waals surface area contributed by atoms with Gasteiger partial charge in [-0.25, -0.2) is 0 Å². The topological polar surface area (TPSA) is 44.5 Å². The predicted octanol–water partition coefficient (Wildman–Crippen LogP) is 2.44. The molecule has 3 heteroatoms. The molecule has 1 heterocycles. The van der Waals surface area contributed by atoms with E-state index in [0.717, 1.165) is 26.2 Å². The van der Waals surface area contributed by atoms with E-state index in [1.807, 2.05) is 6.92 Å². The van der Waals surface area contributed by atoms with Gasteiger partial charge in [0.2, 0.25) is 0 Å². The molecule has 1 aromatic rings. The molecule has 3 unspecified atom stereocenters. The standard InChI is InChI=1S/C15H23NO2/c1-11-4-3-5-14(8-11)15(12(2)16)18-10-13-6-7-17-9-13/h3-5,8,12-13,15H,6-7,9-10,16H2,1-2H3. The Bertz CT molecular complexity index is 373. The summed E-state index contributed by atoms with van der Waals surface area (Å²) in [6.07, 6.45) is 1.07. The van der Waals surface area contributed by atoms with Crippen LogP contribution in [0.15, 0.2) is 24.3 Å². The minimum atomic E-state index is -0.0227. The van der Waals surface area contributed by atoms with E-state index in [0.29, 0.717) is 5.92 Å². The highest BCUT2D eigenvalue weighted by Gasteiger charge is 2.21. The van der Waals surface area contributed by atoms with Crippen LogP contribution >= 0.6 is 0 Å². The van der Waals surface area contributed by atoms with Crippen molar-refractivity contribution >= 4 is 0 Å². The molecule has 18 heavy (non-hydrogen) atoms. The molecule has 100 valence electrons. The zero-order valence-corrected chi connectivity index (χ0v) is 11.3. The largest absolute Gasteiger partial charge is 0.381 e. The molecule has 0 radical (unpaired) electrons. The van der Waals surface area contributed by atoms with Crippen molar-refractivity contribution in [1.82, 2.24) is 0 Å². The van der Waals surface area contributed by atoms with Crippen LogP contribution in [0.3, 0.4) is 0 Å². The van der Waals surface area contributed by atoms with Gasteiger partial charge < -0.3 is 15.2 Å². The van der Waals surface area contributed by atoms with Gasteiger partial charge in [-0.05, 0) is 25.8 Å². The third-order valence-corrected chi connectivity index (χ3v) is 3.38. The highest BCUT2D eigenvalue weighted by Crippen LogP contribution is 2.23. The first-order valence-electron chi connectivity index (χ1n) is 6.68. The van der Waals surface area contributed by atoms with Gasteiger partial charge in [0.15, 0.2) is 0 Å². The van der Waals surface area contributed by atoms with Crippen molar-refractivity contribution in [2.75, 3.05) is 19.8 Å². The third kappa shape index (κ3) is 3.55. The summed E-state index contributed by atoms with van der Waals surface area (Å²) in [6.45, 7) is 6.51. The van der Waals surface area contributed by atoms with Gasteiger partial charge >= 0.3 is 0 Å². The van der Waals surface area contributed by atoms with Gasteiger partial charge in [-0.3, -0.25) is 0 Å². The molecule has 0 saturated carbocycles. The van der Waals surface area contributed by atoms with Gasteiger partial charge in [-0.1, -0.05) is 29.8 Å². The van der Waals surface area contributed by atoms with E-state index >= 15 is 0 Å². The first kappa shape index (κ1) is 13.5. The number of hydrogen-bond acceptors (Lipinski definition) is 3. The quantitative estimate of drug-likeness (QED) is 0.871. The fraction of sp³-hybridized carbons (Fsp3) is 0.600. The molecular weight excluding hydrogens is 226 g/mol. The molecule has 2 rings (SSSR count). The maximum absolute atomic E-state index is 6.05. The highest BCUT2D eigenvalue weighted by atomic mass is 16.5. The number of ether oxygens (including phenoxy) is 2. The molecule has 0 aromatic heterocycles. The minimum absolute atomic E-state index is 0.00544. The summed E-state index contributed by atoms with van der Waals surface area (Å²) in [6, 6.07) is 8.38. The van der Waals surface area contributed by atoms with Crippen molar-refractivity contribution in [1.29, 1.82) is 0 Å². The van der Waals surface area contributed by atoms with Gasteiger partial charge in [0.1, 0.15) is 0 Å². The molecule has 2 N–H and O–H groups in total. The van der Waals surface area contributed by atoms with E-state index in [2.05, 4.69) is 31.2 Å². The lowest BCUT2D eigenvalue weighted by molar-refractivity contribution is 0.0134. The number of rotatable bonds is 5. The SMILES string of the molecule is Cc1cccc(C(OCC2CCOC2)C(C)N)c1. The fourth-order valence-corrected chi connectivity index (χ4v) is 2.35. The fourth-order valence-electron chi connectivity index (χ4n) is 2.35. The van der Waals surface area contributed by atoms with Crippen LogP contribution in [0.25, 0.3) is 0 Å².